The molecule has 2 aliphatic heterocycles. The summed E-state index contributed by atoms with van der Waals surface area (Å²) in [7, 11) is 0. The Kier molecular flexibility index (Phi) is 12.0. The van der Waals surface area contributed by atoms with Crippen LogP contribution in [0.25, 0.3) is 0 Å². The van der Waals surface area contributed by atoms with Crippen LogP contribution in [0.2, 0.25) is 0 Å². The molecule has 1 saturated carbocycles. The molecule has 15 nitrogen and oxygen atoms in total. The Morgan fingerprint density at radius 3 is 2.30 bits per heavy atom. The van der Waals surface area contributed by atoms with Gasteiger partial charge in [0.1, 0.15) is 54.7 Å². The molecular weight excluding hydrogens is 535 g/mol. The van der Waals surface area contributed by atoms with Gasteiger partial charge in [-0.3, -0.25) is 4.99 Å². The average Bonchev–Trinajstić information content (AvgIpc) is 2.89. The molecule has 3 rings (SSSR count). The van der Waals surface area contributed by atoms with Crippen molar-refractivity contribution >= 4 is 5.84 Å². The molecule has 234 valence electrons. The molecule has 16 heteroatoms. The molecule has 2 saturated heterocycles. The van der Waals surface area contributed by atoms with Crippen molar-refractivity contribution in [3.8, 4) is 0 Å². The Hall–Kier alpha value is -1.12. The summed E-state index contributed by atoms with van der Waals surface area (Å²) in [5.74, 6) is -0.142. The summed E-state index contributed by atoms with van der Waals surface area (Å²) < 4.78 is 36.1. The highest BCUT2D eigenvalue weighted by molar-refractivity contribution is 5.88. The van der Waals surface area contributed by atoms with Crippen molar-refractivity contribution in [1.82, 2.24) is 5.32 Å². The second-order valence-electron chi connectivity index (χ2n) is 11.3. The van der Waals surface area contributed by atoms with Crippen LogP contribution in [0.15, 0.2) is 4.99 Å². The first-order valence-corrected chi connectivity index (χ1v) is 13.6. The third-order valence-electron chi connectivity index (χ3n) is 7.58. The van der Waals surface area contributed by atoms with E-state index in [4.69, 9.17) is 41.9 Å². The number of amidine groups is 1. The summed E-state index contributed by atoms with van der Waals surface area (Å²) in [5, 5.41) is 55.2. The van der Waals surface area contributed by atoms with E-state index in [1.807, 2.05) is 0 Å². The lowest BCUT2D eigenvalue weighted by Gasteiger charge is -2.47. The van der Waals surface area contributed by atoms with Gasteiger partial charge in [0, 0.05) is 19.1 Å². The number of aliphatic hydroxyl groups is 5. The first-order chi connectivity index (χ1) is 18.8. The van der Waals surface area contributed by atoms with E-state index in [9.17, 15) is 29.9 Å². The minimum absolute atomic E-state index is 0.0769. The van der Waals surface area contributed by atoms with Gasteiger partial charge < -0.3 is 72.7 Å². The smallest absolute Gasteiger partial charge is 0.186 e. The maximum Gasteiger partial charge on any atom is 0.186 e. The number of aliphatic hydroxyl groups excluding tert-OH is 4. The molecule has 0 spiro atoms. The third kappa shape index (κ3) is 8.03. The van der Waals surface area contributed by atoms with Crippen LogP contribution in [0.5, 0.6) is 0 Å². The number of alkyl halides is 1. The van der Waals surface area contributed by atoms with Gasteiger partial charge in [-0.1, -0.05) is 0 Å². The zero-order valence-electron chi connectivity index (χ0n) is 23.0. The quantitative estimate of drug-likeness (QED) is 0.0625. The highest BCUT2D eigenvalue weighted by atomic mass is 19.1. The van der Waals surface area contributed by atoms with E-state index < -0.39 is 92.3 Å². The van der Waals surface area contributed by atoms with Crippen molar-refractivity contribution in [3.63, 3.8) is 0 Å². The number of nitrogens with one attached hydrogen (secondary N) is 1. The van der Waals surface area contributed by atoms with Gasteiger partial charge in [-0.25, -0.2) is 4.39 Å². The van der Waals surface area contributed by atoms with Gasteiger partial charge in [0.05, 0.1) is 30.8 Å². The van der Waals surface area contributed by atoms with Gasteiger partial charge in [-0.05, 0) is 33.1 Å². The van der Waals surface area contributed by atoms with Gasteiger partial charge in [-0.2, -0.15) is 0 Å². The van der Waals surface area contributed by atoms with Crippen LogP contribution >= 0.6 is 0 Å². The summed E-state index contributed by atoms with van der Waals surface area (Å²) in [6.07, 6.45) is -9.25. The number of nitrogens with two attached hydrogens (primary N) is 4. The van der Waals surface area contributed by atoms with Crippen molar-refractivity contribution < 1.29 is 48.9 Å². The number of hydrogen-bond donors (Lipinski definition) is 10. The highest BCUT2D eigenvalue weighted by Crippen LogP contribution is 2.33. The zero-order chi connectivity index (χ0) is 29.8. The Bertz CT molecular complexity index is 824. The number of rotatable bonds is 11. The molecule has 0 radical (unpaired) electrons. The summed E-state index contributed by atoms with van der Waals surface area (Å²) in [4.78, 5) is 4.37. The number of ether oxygens (including phenoxy) is 4. The van der Waals surface area contributed by atoms with E-state index in [0.29, 0.717) is 19.4 Å². The lowest BCUT2D eigenvalue weighted by Crippen LogP contribution is -2.66. The Morgan fingerprint density at radius 2 is 1.68 bits per heavy atom. The summed E-state index contributed by atoms with van der Waals surface area (Å²) >= 11 is 0. The summed E-state index contributed by atoms with van der Waals surface area (Å²) in [5.41, 5.74) is 23.1. The topological polar surface area (TPSA) is 267 Å². The minimum atomic E-state index is -1.52. The Labute approximate surface area is 233 Å². The first kappa shape index (κ1) is 33.4. The lowest BCUT2D eigenvalue weighted by molar-refractivity contribution is -0.312. The van der Waals surface area contributed by atoms with Gasteiger partial charge in [0.15, 0.2) is 12.6 Å². The standard InChI is InChI=1S/C24H47FN6O9/c1-24(2,36)23(29)31-13-7-12(27)19(39-21-11(26)4-3-10(37-21)8-30-6-5-25)18(35)20(13)40-22-17(34)15(28)16(33)14(9-32)38-22/h10-22,30,32-36H,3-9,26-28H2,1-2H3,(H2,29,31)/t10-,11?,12-,13+,14?,15-,16?,17?,18?,19?,20?,21+,22+/m0/s1. The SMILES string of the molecule is CC(C)(O)C(N)=N[C@@H]1C[C@H](N)C(O[C@H]2O[C@H](CNCCF)CCC2N)C(O)C1O[C@H]1OC(CO)C(O)[C@H](N)C1O. The van der Waals surface area contributed by atoms with Crippen molar-refractivity contribution in [2.24, 2.45) is 27.9 Å². The molecule has 0 amide bonds. The van der Waals surface area contributed by atoms with Crippen LogP contribution in [0.1, 0.15) is 33.1 Å². The van der Waals surface area contributed by atoms with E-state index >= 15 is 0 Å². The van der Waals surface area contributed by atoms with E-state index in [1.54, 1.807) is 0 Å². The molecule has 0 bridgehead atoms. The van der Waals surface area contributed by atoms with Crippen molar-refractivity contribution in [2.45, 2.75) is 118 Å². The monoisotopic (exact) mass is 582 g/mol. The van der Waals surface area contributed by atoms with Crippen LogP contribution in [0.4, 0.5) is 4.39 Å². The van der Waals surface area contributed by atoms with Gasteiger partial charge in [0.2, 0.25) is 0 Å². The molecule has 40 heavy (non-hydrogen) atoms. The van der Waals surface area contributed by atoms with Crippen molar-refractivity contribution in [2.75, 3.05) is 26.4 Å². The Balaban J connectivity index is 1.83. The van der Waals surface area contributed by atoms with Gasteiger partial charge >= 0.3 is 0 Å². The van der Waals surface area contributed by atoms with Crippen LogP contribution in [0.3, 0.4) is 0 Å². The fraction of sp³-hybridized carbons (Fsp3) is 0.958. The van der Waals surface area contributed by atoms with Crippen molar-refractivity contribution in [3.05, 3.63) is 0 Å². The molecule has 1 aliphatic carbocycles. The van der Waals surface area contributed by atoms with E-state index in [-0.39, 0.29) is 24.9 Å². The molecular formula is C24H47FN6O9. The second-order valence-corrected chi connectivity index (χ2v) is 11.3. The first-order valence-electron chi connectivity index (χ1n) is 13.6. The van der Waals surface area contributed by atoms with E-state index in [1.165, 1.54) is 13.8 Å². The molecule has 0 aromatic rings. The maximum atomic E-state index is 12.5. The predicted molar refractivity (Wildman–Crippen MR) is 141 cm³/mol. The molecule has 7 unspecified atom stereocenters. The van der Waals surface area contributed by atoms with E-state index in [0.717, 1.165) is 0 Å². The minimum Gasteiger partial charge on any atom is -0.394 e. The fourth-order valence-electron chi connectivity index (χ4n) is 5.05. The fourth-order valence-corrected chi connectivity index (χ4v) is 5.05. The number of aliphatic imine (C=N–C) groups is 1. The van der Waals surface area contributed by atoms with Crippen LogP contribution in [-0.2, 0) is 18.9 Å². The molecule has 3 fully saturated rings. The maximum absolute atomic E-state index is 12.5. The summed E-state index contributed by atoms with van der Waals surface area (Å²) in [6.45, 7) is 2.34. The van der Waals surface area contributed by atoms with Crippen LogP contribution in [-0.4, -0.2) is 143 Å². The second kappa shape index (κ2) is 14.4. The number of hydrogen-bond acceptors (Lipinski definition) is 14. The molecule has 0 aromatic heterocycles. The van der Waals surface area contributed by atoms with Gasteiger partial charge in [0.25, 0.3) is 0 Å². The Morgan fingerprint density at radius 1 is 1.00 bits per heavy atom. The predicted octanol–water partition coefficient (Wildman–Crippen LogP) is -4.50. The number of nitrogens with zero attached hydrogens (tertiary/aromatic N) is 1. The molecule has 14 N–H and O–H groups in total. The summed E-state index contributed by atoms with van der Waals surface area (Å²) in [6, 6.07) is -3.45. The van der Waals surface area contributed by atoms with Gasteiger partial charge in [-0.15, -0.1) is 0 Å². The lowest BCUT2D eigenvalue weighted by atomic mass is 9.83. The molecule has 13 atom stereocenters. The van der Waals surface area contributed by atoms with Crippen LogP contribution in [0, 0.1) is 0 Å². The third-order valence-corrected chi connectivity index (χ3v) is 7.58. The normalized spacial score (nSPS) is 43.6. The highest BCUT2D eigenvalue weighted by Gasteiger charge is 2.51. The zero-order valence-corrected chi connectivity index (χ0v) is 23.0. The number of halogens is 1. The molecule has 3 aliphatic rings. The van der Waals surface area contributed by atoms with Crippen LogP contribution < -0.4 is 28.3 Å². The van der Waals surface area contributed by atoms with Crippen molar-refractivity contribution in [1.29, 1.82) is 0 Å². The molecule has 0 aromatic carbocycles. The largest absolute Gasteiger partial charge is 0.394 e. The molecule has 2 heterocycles. The van der Waals surface area contributed by atoms with E-state index in [2.05, 4.69) is 10.3 Å². The average molecular weight is 583 g/mol.